The molecule has 0 radical (unpaired) electrons. The van der Waals surface area contributed by atoms with Crippen molar-refractivity contribution in [2.75, 3.05) is 32.9 Å². The summed E-state index contributed by atoms with van der Waals surface area (Å²) in [5.74, 6) is 0.820. The maximum Gasteiger partial charge on any atom is 0.0906 e. The molecule has 2 aliphatic heterocycles. The summed E-state index contributed by atoms with van der Waals surface area (Å²) in [4.78, 5) is 2.53. The van der Waals surface area contributed by atoms with Crippen LogP contribution < -0.4 is 5.32 Å². The molecule has 0 spiro atoms. The Hall–Kier alpha value is -0.150. The van der Waals surface area contributed by atoms with E-state index in [4.69, 9.17) is 0 Å². The number of alkyl halides is 1. The van der Waals surface area contributed by atoms with Crippen LogP contribution in [0.3, 0.4) is 0 Å². The molecule has 2 rings (SSSR count). The molecule has 0 amide bonds. The fourth-order valence-corrected chi connectivity index (χ4v) is 3.13. The van der Waals surface area contributed by atoms with E-state index in [2.05, 4.69) is 10.2 Å². The van der Waals surface area contributed by atoms with E-state index in [1.165, 1.54) is 45.3 Å². The Morgan fingerprint density at radius 1 is 1.27 bits per heavy atom. The molecular formula is C12H23FN2. The van der Waals surface area contributed by atoms with Crippen LogP contribution in [-0.4, -0.2) is 43.8 Å². The highest BCUT2D eigenvalue weighted by atomic mass is 19.1. The van der Waals surface area contributed by atoms with Crippen molar-refractivity contribution in [3.8, 4) is 0 Å². The normalized spacial score (nSPS) is 33.4. The molecule has 0 aromatic carbocycles. The summed E-state index contributed by atoms with van der Waals surface area (Å²) in [5, 5.41) is 3.49. The zero-order valence-corrected chi connectivity index (χ0v) is 9.55. The summed E-state index contributed by atoms with van der Waals surface area (Å²) in [5.41, 5.74) is 0. The third-order valence-electron chi connectivity index (χ3n) is 3.87. The lowest BCUT2D eigenvalue weighted by atomic mass is 9.90. The van der Waals surface area contributed by atoms with Gasteiger partial charge in [-0.2, -0.15) is 0 Å². The maximum atomic E-state index is 12.2. The van der Waals surface area contributed by atoms with E-state index in [1.54, 1.807) is 0 Å². The first-order valence-corrected chi connectivity index (χ1v) is 6.42. The van der Waals surface area contributed by atoms with Gasteiger partial charge in [0.2, 0.25) is 0 Å². The summed E-state index contributed by atoms with van der Waals surface area (Å²) in [6.45, 7) is 4.37. The van der Waals surface area contributed by atoms with E-state index in [0.29, 0.717) is 0 Å². The number of likely N-dealkylation sites (tertiary alicyclic amines) is 1. The van der Waals surface area contributed by atoms with Gasteiger partial charge in [-0.25, -0.2) is 0 Å². The van der Waals surface area contributed by atoms with Gasteiger partial charge in [-0.15, -0.1) is 0 Å². The first-order chi connectivity index (χ1) is 7.42. The zero-order valence-electron chi connectivity index (χ0n) is 9.55. The molecule has 0 aromatic rings. The van der Waals surface area contributed by atoms with Crippen LogP contribution in [0.1, 0.15) is 32.1 Å². The zero-order chi connectivity index (χ0) is 10.5. The largest absolute Gasteiger partial charge is 0.316 e. The van der Waals surface area contributed by atoms with Crippen LogP contribution in [0, 0.1) is 5.92 Å². The van der Waals surface area contributed by atoms with Gasteiger partial charge in [-0.3, -0.25) is 9.29 Å². The second-order valence-corrected chi connectivity index (χ2v) is 4.89. The number of rotatable bonds is 4. The topological polar surface area (TPSA) is 15.3 Å². The van der Waals surface area contributed by atoms with Crippen LogP contribution in [-0.2, 0) is 0 Å². The van der Waals surface area contributed by atoms with Gasteiger partial charge in [0.1, 0.15) is 0 Å². The minimum atomic E-state index is -0.161. The van der Waals surface area contributed by atoms with Crippen LogP contribution in [0.2, 0.25) is 0 Å². The predicted octanol–water partition coefficient (Wildman–Crippen LogP) is 1.81. The van der Waals surface area contributed by atoms with Gasteiger partial charge >= 0.3 is 0 Å². The highest BCUT2D eigenvalue weighted by Crippen LogP contribution is 2.28. The van der Waals surface area contributed by atoms with Gasteiger partial charge in [0, 0.05) is 12.6 Å². The molecular weight excluding hydrogens is 191 g/mol. The van der Waals surface area contributed by atoms with Crippen LogP contribution in [0.25, 0.3) is 0 Å². The number of nitrogens with zero attached hydrogens (tertiary/aromatic N) is 1. The Balaban J connectivity index is 1.82. The van der Waals surface area contributed by atoms with Crippen LogP contribution in [0.15, 0.2) is 0 Å². The van der Waals surface area contributed by atoms with Gasteiger partial charge in [-0.1, -0.05) is 0 Å². The van der Waals surface area contributed by atoms with Crippen molar-refractivity contribution in [1.29, 1.82) is 0 Å². The quantitative estimate of drug-likeness (QED) is 0.768. The molecule has 2 atom stereocenters. The van der Waals surface area contributed by atoms with Crippen molar-refractivity contribution in [3.63, 3.8) is 0 Å². The Bertz CT molecular complexity index is 180. The first kappa shape index (κ1) is 11.3. The monoisotopic (exact) mass is 214 g/mol. The lowest BCUT2D eigenvalue weighted by Crippen LogP contribution is -2.43. The van der Waals surface area contributed by atoms with E-state index < -0.39 is 0 Å². The Kier molecular flexibility index (Phi) is 4.39. The fourth-order valence-electron chi connectivity index (χ4n) is 3.13. The second-order valence-electron chi connectivity index (χ2n) is 4.89. The highest BCUT2D eigenvalue weighted by molar-refractivity contribution is 4.87. The molecule has 3 heteroatoms. The van der Waals surface area contributed by atoms with Crippen molar-refractivity contribution >= 4 is 0 Å². The predicted molar refractivity (Wildman–Crippen MR) is 60.8 cm³/mol. The van der Waals surface area contributed by atoms with Crippen LogP contribution in [0.4, 0.5) is 4.39 Å². The van der Waals surface area contributed by atoms with Crippen molar-refractivity contribution in [2.24, 2.45) is 5.92 Å². The summed E-state index contributed by atoms with van der Waals surface area (Å²) < 4.78 is 12.2. The molecule has 2 saturated heterocycles. The number of piperidine rings is 1. The van der Waals surface area contributed by atoms with E-state index in [0.717, 1.165) is 24.9 Å². The molecule has 0 bridgehead atoms. The number of hydrogen-bond acceptors (Lipinski definition) is 2. The minimum Gasteiger partial charge on any atom is -0.316 e. The molecule has 1 N–H and O–H groups in total. The molecule has 15 heavy (non-hydrogen) atoms. The third-order valence-corrected chi connectivity index (χ3v) is 3.87. The number of halogens is 1. The lowest BCUT2D eigenvalue weighted by molar-refractivity contribution is 0.161. The average molecular weight is 214 g/mol. The van der Waals surface area contributed by atoms with Gasteiger partial charge in [0.25, 0.3) is 0 Å². The van der Waals surface area contributed by atoms with E-state index in [-0.39, 0.29) is 6.67 Å². The molecule has 0 aliphatic carbocycles. The van der Waals surface area contributed by atoms with Gasteiger partial charge in [0.05, 0.1) is 6.67 Å². The van der Waals surface area contributed by atoms with Gasteiger partial charge < -0.3 is 5.32 Å². The van der Waals surface area contributed by atoms with Crippen LogP contribution in [0.5, 0.6) is 0 Å². The molecule has 2 aliphatic rings. The Morgan fingerprint density at radius 3 is 2.93 bits per heavy atom. The summed E-state index contributed by atoms with van der Waals surface area (Å²) in [6.07, 6.45) is 6.05. The fraction of sp³-hybridized carbons (Fsp3) is 1.00. The molecule has 2 unspecified atom stereocenters. The van der Waals surface area contributed by atoms with Crippen molar-refractivity contribution < 1.29 is 4.39 Å². The average Bonchev–Trinajstić information content (AvgIpc) is 2.75. The van der Waals surface area contributed by atoms with Crippen molar-refractivity contribution in [2.45, 2.75) is 38.1 Å². The molecule has 2 heterocycles. The van der Waals surface area contributed by atoms with E-state index in [1.807, 2.05) is 0 Å². The van der Waals surface area contributed by atoms with Gasteiger partial charge in [-0.05, 0) is 57.7 Å². The number of nitrogens with one attached hydrogen (secondary N) is 1. The molecule has 0 saturated carbocycles. The van der Waals surface area contributed by atoms with Crippen molar-refractivity contribution in [1.82, 2.24) is 10.2 Å². The lowest BCUT2D eigenvalue weighted by Gasteiger charge is -2.34. The highest BCUT2D eigenvalue weighted by Gasteiger charge is 2.31. The smallest absolute Gasteiger partial charge is 0.0906 e. The van der Waals surface area contributed by atoms with E-state index >= 15 is 0 Å². The van der Waals surface area contributed by atoms with Crippen molar-refractivity contribution in [3.05, 3.63) is 0 Å². The standard InChI is InChI=1S/C12H23FN2/c13-6-3-9-15-8-2-5-12(15)11-4-1-7-14-10-11/h11-12,14H,1-10H2. The summed E-state index contributed by atoms with van der Waals surface area (Å²) >= 11 is 0. The molecule has 2 fully saturated rings. The molecule has 0 aromatic heterocycles. The Morgan fingerprint density at radius 2 is 2.20 bits per heavy atom. The third kappa shape index (κ3) is 2.91. The molecule has 88 valence electrons. The van der Waals surface area contributed by atoms with Gasteiger partial charge in [0.15, 0.2) is 0 Å². The Labute approximate surface area is 92.2 Å². The second kappa shape index (κ2) is 5.80. The summed E-state index contributed by atoms with van der Waals surface area (Å²) in [7, 11) is 0. The number of hydrogen-bond donors (Lipinski definition) is 1. The first-order valence-electron chi connectivity index (χ1n) is 6.42. The molecule has 2 nitrogen and oxygen atoms in total. The maximum absolute atomic E-state index is 12.2. The summed E-state index contributed by atoms with van der Waals surface area (Å²) in [6, 6.07) is 0.740. The van der Waals surface area contributed by atoms with Crippen LogP contribution >= 0.6 is 0 Å². The van der Waals surface area contributed by atoms with E-state index in [9.17, 15) is 4.39 Å². The SMILES string of the molecule is FCCCN1CCCC1C1CCCNC1. The minimum absolute atomic E-state index is 0.161.